The fourth-order valence-corrected chi connectivity index (χ4v) is 4.49. The molecular weight excluding hydrogens is 409 g/mol. The van der Waals surface area contributed by atoms with E-state index in [9.17, 15) is 4.79 Å². The van der Waals surface area contributed by atoms with E-state index in [1.165, 1.54) is 6.07 Å². The minimum absolute atomic E-state index is 0.276. The molecule has 162 valence electrons. The van der Waals surface area contributed by atoms with Gasteiger partial charge in [-0.25, -0.2) is 9.37 Å². The Balaban J connectivity index is 1.81. The van der Waals surface area contributed by atoms with Crippen molar-refractivity contribution < 1.29 is 18.7 Å². The van der Waals surface area contributed by atoms with Crippen LogP contribution in [0.2, 0.25) is 0 Å². The molecule has 2 N–H and O–H groups in total. The van der Waals surface area contributed by atoms with Gasteiger partial charge in [0.15, 0.2) is 6.61 Å². The second-order valence-electron chi connectivity index (χ2n) is 7.99. The van der Waals surface area contributed by atoms with Gasteiger partial charge in [-0.3, -0.25) is 4.79 Å². The number of benzene rings is 3. The highest BCUT2D eigenvalue weighted by molar-refractivity contribution is 5.98. The van der Waals surface area contributed by atoms with Gasteiger partial charge in [0.05, 0.1) is 30.3 Å². The smallest absolute Gasteiger partial charge is 0.255 e. The summed E-state index contributed by atoms with van der Waals surface area (Å²) in [6.45, 7) is 4.22. The van der Waals surface area contributed by atoms with E-state index in [2.05, 4.69) is 0 Å². The number of carbonyl (C=O) groups excluding carboxylic acids is 1. The standard InChI is InChI=1S/C25H22FN3O3/c1-13-5-4-6-16-17(13)11-29-24-19(8-7-18(26)23(16)24)28-25(29)22-14(2)9-15(31-3)10-20(22)32-12-21(27)30/h4-10H,11-12H2,1-3H3,(H2,27,30). The summed E-state index contributed by atoms with van der Waals surface area (Å²) in [5.41, 5.74) is 11.9. The van der Waals surface area contributed by atoms with Crippen LogP contribution in [0.5, 0.6) is 11.5 Å². The van der Waals surface area contributed by atoms with Gasteiger partial charge in [0.1, 0.15) is 23.1 Å². The number of aromatic nitrogens is 2. The molecule has 0 bridgehead atoms. The Kier molecular flexibility index (Phi) is 4.62. The normalized spacial score (nSPS) is 12.0. The van der Waals surface area contributed by atoms with Crippen LogP contribution in [0.25, 0.3) is 33.5 Å². The van der Waals surface area contributed by atoms with Crippen molar-refractivity contribution >= 4 is 16.9 Å². The van der Waals surface area contributed by atoms with Crippen molar-refractivity contribution in [2.24, 2.45) is 5.73 Å². The molecule has 3 aromatic carbocycles. The zero-order chi connectivity index (χ0) is 22.6. The Labute approximate surface area is 184 Å². The lowest BCUT2D eigenvalue weighted by atomic mass is 9.92. The van der Waals surface area contributed by atoms with Crippen molar-refractivity contribution in [3.05, 3.63) is 65.0 Å². The predicted molar refractivity (Wildman–Crippen MR) is 120 cm³/mol. The molecule has 1 aliphatic rings. The first kappa shape index (κ1) is 20.1. The fraction of sp³-hybridized carbons (Fsp3) is 0.200. The SMILES string of the molecule is COc1cc(C)c(-c2nc3ccc(F)c4c3n2Cc2c(C)cccc2-4)c(OCC(N)=O)c1. The monoisotopic (exact) mass is 431 g/mol. The number of imidazole rings is 1. The summed E-state index contributed by atoms with van der Waals surface area (Å²) in [5, 5.41) is 0. The first-order valence-corrected chi connectivity index (χ1v) is 10.3. The number of hydrogen-bond acceptors (Lipinski definition) is 4. The number of ether oxygens (including phenoxy) is 2. The topological polar surface area (TPSA) is 79.4 Å². The minimum Gasteiger partial charge on any atom is -0.497 e. The number of nitrogens with two attached hydrogens (primary N) is 1. The summed E-state index contributed by atoms with van der Waals surface area (Å²) >= 11 is 0. The third-order valence-electron chi connectivity index (χ3n) is 5.96. The van der Waals surface area contributed by atoms with Gasteiger partial charge >= 0.3 is 0 Å². The van der Waals surface area contributed by atoms with Crippen molar-refractivity contribution in [3.8, 4) is 34.0 Å². The van der Waals surface area contributed by atoms with E-state index in [0.29, 0.717) is 40.5 Å². The molecule has 6 nitrogen and oxygen atoms in total. The van der Waals surface area contributed by atoms with E-state index in [1.54, 1.807) is 19.2 Å². The second kappa shape index (κ2) is 7.37. The lowest BCUT2D eigenvalue weighted by molar-refractivity contribution is -0.119. The maximum atomic E-state index is 15.1. The highest BCUT2D eigenvalue weighted by Crippen LogP contribution is 2.44. The van der Waals surface area contributed by atoms with Crippen molar-refractivity contribution in [2.45, 2.75) is 20.4 Å². The summed E-state index contributed by atoms with van der Waals surface area (Å²) in [6, 6.07) is 12.7. The number of fused-ring (bicyclic) bond motifs is 2. The summed E-state index contributed by atoms with van der Waals surface area (Å²) in [4.78, 5) is 16.3. The molecule has 32 heavy (non-hydrogen) atoms. The van der Waals surface area contributed by atoms with Gasteiger partial charge in [-0.2, -0.15) is 0 Å². The zero-order valence-electron chi connectivity index (χ0n) is 18.0. The van der Waals surface area contributed by atoms with Crippen LogP contribution < -0.4 is 15.2 Å². The lowest BCUT2D eigenvalue weighted by Gasteiger charge is -2.23. The van der Waals surface area contributed by atoms with Gasteiger partial charge < -0.3 is 19.8 Å². The fourth-order valence-electron chi connectivity index (χ4n) is 4.49. The quantitative estimate of drug-likeness (QED) is 0.448. The van der Waals surface area contributed by atoms with E-state index in [0.717, 1.165) is 27.8 Å². The average molecular weight is 431 g/mol. The van der Waals surface area contributed by atoms with Crippen LogP contribution in [-0.2, 0) is 11.3 Å². The van der Waals surface area contributed by atoms with Crippen molar-refractivity contribution in [1.82, 2.24) is 9.55 Å². The third kappa shape index (κ3) is 3.00. The van der Waals surface area contributed by atoms with Crippen molar-refractivity contribution in [2.75, 3.05) is 13.7 Å². The van der Waals surface area contributed by atoms with E-state index < -0.39 is 5.91 Å². The van der Waals surface area contributed by atoms with E-state index in [1.807, 2.05) is 42.7 Å². The molecule has 0 saturated heterocycles. The molecule has 7 heteroatoms. The molecule has 0 unspecified atom stereocenters. The van der Waals surface area contributed by atoms with Crippen LogP contribution >= 0.6 is 0 Å². The van der Waals surface area contributed by atoms with Crippen LogP contribution in [0, 0.1) is 19.7 Å². The number of hydrogen-bond donors (Lipinski definition) is 1. The molecule has 0 spiro atoms. The van der Waals surface area contributed by atoms with Crippen LogP contribution in [0.1, 0.15) is 16.7 Å². The van der Waals surface area contributed by atoms with Gasteiger partial charge in [-0.05, 0) is 54.3 Å². The van der Waals surface area contributed by atoms with E-state index in [-0.39, 0.29) is 12.4 Å². The number of aryl methyl sites for hydroxylation is 2. The molecule has 0 radical (unpaired) electrons. The first-order chi connectivity index (χ1) is 15.4. The molecule has 1 amide bonds. The maximum absolute atomic E-state index is 15.1. The van der Waals surface area contributed by atoms with Crippen molar-refractivity contribution in [1.29, 1.82) is 0 Å². The van der Waals surface area contributed by atoms with Crippen LogP contribution in [0.4, 0.5) is 4.39 Å². The average Bonchev–Trinajstić information content (AvgIpc) is 3.12. The van der Waals surface area contributed by atoms with Gasteiger partial charge in [0, 0.05) is 11.6 Å². The number of nitrogens with zero attached hydrogens (tertiary/aromatic N) is 2. The molecule has 1 aromatic heterocycles. The Bertz CT molecular complexity index is 1410. The van der Waals surface area contributed by atoms with Gasteiger partial charge in [-0.1, -0.05) is 18.2 Å². The number of methoxy groups -OCH3 is 1. The molecule has 0 saturated carbocycles. The predicted octanol–water partition coefficient (Wildman–Crippen LogP) is 4.36. The highest BCUT2D eigenvalue weighted by atomic mass is 19.1. The third-order valence-corrected chi connectivity index (χ3v) is 5.96. The summed E-state index contributed by atoms with van der Waals surface area (Å²) < 4.78 is 28.3. The lowest BCUT2D eigenvalue weighted by Crippen LogP contribution is -2.20. The molecule has 5 rings (SSSR count). The zero-order valence-corrected chi connectivity index (χ0v) is 18.0. The summed E-state index contributed by atoms with van der Waals surface area (Å²) in [7, 11) is 1.56. The highest BCUT2D eigenvalue weighted by Gasteiger charge is 2.28. The molecule has 0 atom stereocenters. The molecule has 2 heterocycles. The van der Waals surface area contributed by atoms with E-state index >= 15 is 4.39 Å². The molecule has 0 aliphatic carbocycles. The molecule has 4 aromatic rings. The number of rotatable bonds is 5. The summed E-state index contributed by atoms with van der Waals surface area (Å²) in [6.07, 6.45) is 0. The van der Waals surface area contributed by atoms with Gasteiger partial charge in [-0.15, -0.1) is 0 Å². The van der Waals surface area contributed by atoms with Crippen LogP contribution in [0.3, 0.4) is 0 Å². The molecule has 1 aliphatic heterocycles. The number of halogens is 1. The van der Waals surface area contributed by atoms with E-state index in [4.69, 9.17) is 20.2 Å². The first-order valence-electron chi connectivity index (χ1n) is 10.3. The molecular formula is C25H22FN3O3. The second-order valence-corrected chi connectivity index (χ2v) is 7.99. The number of primary amides is 1. The van der Waals surface area contributed by atoms with Crippen LogP contribution in [0.15, 0.2) is 42.5 Å². The maximum Gasteiger partial charge on any atom is 0.255 e. The molecule has 0 fully saturated rings. The Morgan fingerprint density at radius 2 is 1.97 bits per heavy atom. The number of amides is 1. The number of carbonyl (C=O) groups is 1. The Morgan fingerprint density at radius 3 is 2.72 bits per heavy atom. The minimum atomic E-state index is -0.583. The summed E-state index contributed by atoms with van der Waals surface area (Å²) in [5.74, 6) is 0.798. The van der Waals surface area contributed by atoms with Crippen LogP contribution in [-0.4, -0.2) is 29.2 Å². The Hall–Kier alpha value is -3.87. The Morgan fingerprint density at radius 1 is 1.16 bits per heavy atom. The van der Waals surface area contributed by atoms with Crippen molar-refractivity contribution in [3.63, 3.8) is 0 Å². The largest absolute Gasteiger partial charge is 0.497 e. The van der Waals surface area contributed by atoms with Gasteiger partial charge in [0.2, 0.25) is 0 Å². The van der Waals surface area contributed by atoms with Gasteiger partial charge in [0.25, 0.3) is 5.91 Å².